The van der Waals surface area contributed by atoms with E-state index in [0.717, 1.165) is 4.47 Å². The van der Waals surface area contributed by atoms with E-state index in [2.05, 4.69) is 15.9 Å². The summed E-state index contributed by atoms with van der Waals surface area (Å²) in [5, 5.41) is 1.59. The molecule has 0 radical (unpaired) electrons. The van der Waals surface area contributed by atoms with Crippen LogP contribution in [-0.2, 0) is 6.42 Å². The van der Waals surface area contributed by atoms with Crippen LogP contribution in [0.4, 0.5) is 0 Å². The fourth-order valence-electron chi connectivity index (χ4n) is 1.67. The van der Waals surface area contributed by atoms with Crippen molar-refractivity contribution in [2.75, 3.05) is 0 Å². The summed E-state index contributed by atoms with van der Waals surface area (Å²) >= 11 is 21.2. The molecule has 1 nitrogen and oxygen atoms in total. The van der Waals surface area contributed by atoms with E-state index >= 15 is 0 Å². The number of hydrogen-bond donors (Lipinski definition) is 0. The highest BCUT2D eigenvalue weighted by Crippen LogP contribution is 2.24. The number of carbonyl (C=O) groups excluding carboxylic acids is 1. The Balaban J connectivity index is 2.28. The van der Waals surface area contributed by atoms with Gasteiger partial charge in [-0.3, -0.25) is 4.79 Å². The van der Waals surface area contributed by atoms with E-state index in [9.17, 15) is 4.79 Å². The highest BCUT2D eigenvalue weighted by atomic mass is 79.9. The van der Waals surface area contributed by atoms with Gasteiger partial charge in [-0.25, -0.2) is 0 Å². The summed E-state index contributed by atoms with van der Waals surface area (Å²) < 4.78 is 0.764. The Morgan fingerprint density at radius 2 is 1.74 bits per heavy atom. The first kappa shape index (κ1) is 14.9. The van der Waals surface area contributed by atoms with Crippen LogP contribution in [0.25, 0.3) is 0 Å². The molecule has 0 heterocycles. The lowest BCUT2D eigenvalue weighted by Gasteiger charge is -2.06. The summed E-state index contributed by atoms with van der Waals surface area (Å²) in [5.41, 5.74) is 1.24. The topological polar surface area (TPSA) is 17.1 Å². The Morgan fingerprint density at radius 3 is 2.42 bits per heavy atom. The maximum absolute atomic E-state index is 12.2. The second kappa shape index (κ2) is 6.27. The van der Waals surface area contributed by atoms with Gasteiger partial charge in [0.25, 0.3) is 0 Å². The smallest absolute Gasteiger partial charge is 0.167 e. The maximum atomic E-state index is 12.2. The fourth-order valence-corrected chi connectivity index (χ4v) is 2.91. The van der Waals surface area contributed by atoms with Gasteiger partial charge in [-0.15, -0.1) is 0 Å². The molecule has 2 rings (SSSR count). The van der Waals surface area contributed by atoms with Crippen molar-refractivity contribution in [1.82, 2.24) is 0 Å². The predicted molar refractivity (Wildman–Crippen MR) is 83.6 cm³/mol. The summed E-state index contributed by atoms with van der Waals surface area (Å²) in [4.78, 5) is 12.2. The fraction of sp³-hybridized carbons (Fsp3) is 0.0714. The van der Waals surface area contributed by atoms with E-state index in [-0.39, 0.29) is 12.2 Å². The van der Waals surface area contributed by atoms with E-state index in [1.54, 1.807) is 36.4 Å². The molecular formula is C14H8BrCl3O. The summed E-state index contributed by atoms with van der Waals surface area (Å²) in [5.74, 6) is -0.0626. The van der Waals surface area contributed by atoms with Crippen molar-refractivity contribution in [3.05, 3.63) is 67.1 Å². The molecule has 0 unspecified atom stereocenters. The van der Waals surface area contributed by atoms with Gasteiger partial charge in [0.1, 0.15) is 0 Å². The average Bonchev–Trinajstić information content (AvgIpc) is 2.32. The Bertz CT molecular complexity index is 620. The highest BCUT2D eigenvalue weighted by Gasteiger charge is 2.11. The molecule has 0 saturated carbocycles. The lowest BCUT2D eigenvalue weighted by molar-refractivity contribution is 0.0993. The zero-order valence-electron chi connectivity index (χ0n) is 9.59. The van der Waals surface area contributed by atoms with Gasteiger partial charge < -0.3 is 0 Å². The van der Waals surface area contributed by atoms with Crippen LogP contribution in [0.2, 0.25) is 15.1 Å². The van der Waals surface area contributed by atoms with Crippen molar-refractivity contribution in [3.63, 3.8) is 0 Å². The van der Waals surface area contributed by atoms with Crippen LogP contribution in [0.3, 0.4) is 0 Å². The molecule has 2 aromatic carbocycles. The molecule has 0 fully saturated rings. The third-order valence-electron chi connectivity index (χ3n) is 2.54. The largest absolute Gasteiger partial charge is 0.294 e. The van der Waals surface area contributed by atoms with Crippen LogP contribution < -0.4 is 0 Å². The molecule has 98 valence electrons. The summed E-state index contributed by atoms with van der Waals surface area (Å²) in [6, 6.07) is 10.2. The normalized spacial score (nSPS) is 10.5. The van der Waals surface area contributed by atoms with E-state index < -0.39 is 0 Å². The second-order valence-electron chi connectivity index (χ2n) is 3.99. The number of hydrogen-bond acceptors (Lipinski definition) is 1. The zero-order valence-corrected chi connectivity index (χ0v) is 13.4. The van der Waals surface area contributed by atoms with Gasteiger partial charge in [-0.1, -0.05) is 50.7 Å². The van der Waals surface area contributed by atoms with Gasteiger partial charge >= 0.3 is 0 Å². The molecule has 0 bridgehead atoms. The number of ketones is 1. The Morgan fingerprint density at radius 1 is 1.00 bits per heavy atom. The third kappa shape index (κ3) is 3.96. The van der Waals surface area contributed by atoms with Crippen molar-refractivity contribution >= 4 is 56.5 Å². The predicted octanol–water partition coefficient (Wildman–Crippen LogP) is 5.83. The van der Waals surface area contributed by atoms with Gasteiger partial charge in [0, 0.05) is 31.5 Å². The molecular weight excluding hydrogens is 370 g/mol. The van der Waals surface area contributed by atoms with Crippen LogP contribution >= 0.6 is 50.7 Å². The van der Waals surface area contributed by atoms with Gasteiger partial charge in [-0.05, 0) is 42.0 Å². The van der Waals surface area contributed by atoms with Crippen LogP contribution in [0.15, 0.2) is 40.9 Å². The molecule has 0 N–H and O–H groups in total. The summed E-state index contributed by atoms with van der Waals surface area (Å²) in [6.45, 7) is 0. The molecule has 0 aliphatic carbocycles. The summed E-state index contributed by atoms with van der Waals surface area (Å²) in [6.07, 6.45) is 0.187. The maximum Gasteiger partial charge on any atom is 0.167 e. The van der Waals surface area contributed by atoms with Crippen LogP contribution in [0, 0.1) is 0 Å². The molecule has 5 heteroatoms. The van der Waals surface area contributed by atoms with Crippen LogP contribution in [0.5, 0.6) is 0 Å². The quantitative estimate of drug-likeness (QED) is 0.614. The molecule has 0 spiro atoms. The number of carbonyl (C=O) groups is 1. The standard InChI is InChI=1S/C14H8BrCl3O/c15-10-3-9(5-12(17)7-10)14(19)6-8-4-11(16)1-2-13(8)18/h1-5,7H,6H2. The molecule has 0 amide bonds. The third-order valence-corrected chi connectivity index (χ3v) is 3.82. The van der Waals surface area contributed by atoms with Gasteiger partial charge in [0.15, 0.2) is 5.78 Å². The van der Waals surface area contributed by atoms with Gasteiger partial charge in [0.05, 0.1) is 0 Å². The molecule has 0 atom stereocenters. The molecule has 19 heavy (non-hydrogen) atoms. The minimum absolute atomic E-state index is 0.0626. The molecule has 2 aromatic rings. The van der Waals surface area contributed by atoms with E-state index in [1.807, 2.05) is 0 Å². The zero-order chi connectivity index (χ0) is 14.0. The lowest BCUT2D eigenvalue weighted by Crippen LogP contribution is -2.04. The summed E-state index contributed by atoms with van der Waals surface area (Å²) in [7, 11) is 0. The Hall–Kier alpha value is -0.540. The number of halogens is 4. The molecule has 0 saturated heterocycles. The van der Waals surface area contributed by atoms with Crippen molar-refractivity contribution in [2.45, 2.75) is 6.42 Å². The second-order valence-corrected chi connectivity index (χ2v) is 6.19. The van der Waals surface area contributed by atoms with Gasteiger partial charge in [-0.2, -0.15) is 0 Å². The van der Waals surface area contributed by atoms with Crippen LogP contribution in [0.1, 0.15) is 15.9 Å². The number of benzene rings is 2. The van der Waals surface area contributed by atoms with Crippen molar-refractivity contribution in [2.24, 2.45) is 0 Å². The average molecular weight is 378 g/mol. The van der Waals surface area contributed by atoms with E-state index in [0.29, 0.717) is 26.2 Å². The first-order chi connectivity index (χ1) is 8.95. The number of Topliss-reactive ketones (excluding diaryl/α,β-unsaturated/α-hetero) is 1. The van der Waals surface area contributed by atoms with Crippen molar-refractivity contribution in [1.29, 1.82) is 0 Å². The SMILES string of the molecule is O=C(Cc1cc(Cl)ccc1Cl)c1cc(Cl)cc(Br)c1. The van der Waals surface area contributed by atoms with E-state index in [4.69, 9.17) is 34.8 Å². The molecule has 0 aromatic heterocycles. The first-order valence-corrected chi connectivity index (χ1v) is 7.31. The number of rotatable bonds is 3. The lowest BCUT2D eigenvalue weighted by atomic mass is 10.0. The molecule has 0 aliphatic heterocycles. The van der Waals surface area contributed by atoms with Crippen molar-refractivity contribution in [3.8, 4) is 0 Å². The Labute approximate surface area is 134 Å². The Kier molecular flexibility index (Phi) is 4.91. The first-order valence-electron chi connectivity index (χ1n) is 5.39. The molecule has 0 aliphatic rings. The van der Waals surface area contributed by atoms with E-state index in [1.165, 1.54) is 0 Å². The van der Waals surface area contributed by atoms with Crippen molar-refractivity contribution < 1.29 is 4.79 Å². The highest BCUT2D eigenvalue weighted by molar-refractivity contribution is 9.10. The minimum Gasteiger partial charge on any atom is -0.294 e. The monoisotopic (exact) mass is 376 g/mol. The van der Waals surface area contributed by atoms with Gasteiger partial charge in [0.2, 0.25) is 0 Å². The minimum atomic E-state index is -0.0626. The van der Waals surface area contributed by atoms with Crippen LogP contribution in [-0.4, -0.2) is 5.78 Å².